The van der Waals surface area contributed by atoms with E-state index in [4.69, 9.17) is 9.84 Å². The molecule has 0 heterocycles. The summed E-state index contributed by atoms with van der Waals surface area (Å²) in [6.45, 7) is 6.98. The van der Waals surface area contributed by atoms with Gasteiger partial charge in [-0.15, -0.1) is 0 Å². The molecule has 2 rings (SSSR count). The molecule has 24 heavy (non-hydrogen) atoms. The summed E-state index contributed by atoms with van der Waals surface area (Å²) < 4.78 is 6.74. The molecule has 4 heteroatoms. The number of rotatable bonds is 5. The second-order valence-electron chi connectivity index (χ2n) is 6.59. The van der Waals surface area contributed by atoms with Crippen molar-refractivity contribution in [2.45, 2.75) is 32.8 Å². The molecule has 0 radical (unpaired) electrons. The summed E-state index contributed by atoms with van der Waals surface area (Å²) >= 11 is 3.39. The van der Waals surface area contributed by atoms with Crippen LogP contribution in [0.5, 0.6) is 5.75 Å². The van der Waals surface area contributed by atoms with Gasteiger partial charge in [0.2, 0.25) is 0 Å². The van der Waals surface area contributed by atoms with E-state index in [9.17, 15) is 4.79 Å². The second-order valence-corrected chi connectivity index (χ2v) is 7.50. The number of carboxylic acid groups (broad SMARTS) is 1. The number of hydrogen-bond acceptors (Lipinski definition) is 2. The number of carboxylic acids is 1. The Hall–Kier alpha value is -2.07. The highest BCUT2D eigenvalue weighted by atomic mass is 79.9. The van der Waals surface area contributed by atoms with E-state index in [0.29, 0.717) is 12.4 Å². The number of halogens is 1. The van der Waals surface area contributed by atoms with Crippen LogP contribution in [0.2, 0.25) is 0 Å². The average molecular weight is 389 g/mol. The second kappa shape index (κ2) is 7.67. The first-order valence-corrected chi connectivity index (χ1v) is 8.48. The maximum atomic E-state index is 10.7. The number of ether oxygens (including phenoxy) is 1. The van der Waals surface area contributed by atoms with Gasteiger partial charge in [0.05, 0.1) is 0 Å². The lowest BCUT2D eigenvalue weighted by atomic mass is 9.87. The summed E-state index contributed by atoms with van der Waals surface area (Å²) in [7, 11) is 0. The van der Waals surface area contributed by atoms with Gasteiger partial charge in [-0.2, -0.15) is 0 Å². The van der Waals surface area contributed by atoms with Gasteiger partial charge in [-0.1, -0.05) is 61.0 Å². The van der Waals surface area contributed by atoms with E-state index in [2.05, 4.69) is 61.0 Å². The quantitative estimate of drug-likeness (QED) is 0.695. The third-order valence-corrected chi connectivity index (χ3v) is 4.08. The Balaban J connectivity index is 2.13. The topological polar surface area (TPSA) is 46.5 Å². The molecule has 0 aliphatic rings. The largest absolute Gasteiger partial charge is 0.488 e. The maximum Gasteiger partial charge on any atom is 0.328 e. The monoisotopic (exact) mass is 388 g/mol. The normalized spacial score (nSPS) is 11.7. The number of aliphatic carboxylic acids is 1. The number of carbonyl (C=O) groups is 1. The van der Waals surface area contributed by atoms with Crippen molar-refractivity contribution in [2.24, 2.45) is 0 Å². The van der Waals surface area contributed by atoms with Crippen molar-refractivity contribution in [3.05, 3.63) is 69.7 Å². The average Bonchev–Trinajstić information content (AvgIpc) is 2.51. The van der Waals surface area contributed by atoms with E-state index in [1.807, 2.05) is 18.2 Å². The van der Waals surface area contributed by atoms with E-state index in [0.717, 1.165) is 21.7 Å². The summed E-state index contributed by atoms with van der Waals surface area (Å²) in [6.07, 6.45) is 2.64. The van der Waals surface area contributed by atoms with Crippen molar-refractivity contribution in [3.63, 3.8) is 0 Å². The summed E-state index contributed by atoms with van der Waals surface area (Å²) in [5, 5.41) is 8.80. The smallest absolute Gasteiger partial charge is 0.328 e. The van der Waals surface area contributed by atoms with Gasteiger partial charge >= 0.3 is 5.97 Å². The van der Waals surface area contributed by atoms with Gasteiger partial charge in [-0.3, -0.25) is 0 Å². The molecule has 2 aromatic rings. The Morgan fingerprint density at radius 3 is 2.42 bits per heavy atom. The van der Waals surface area contributed by atoms with Crippen LogP contribution in [0, 0.1) is 0 Å². The molecule has 0 saturated carbocycles. The Kier molecular flexibility index (Phi) is 5.84. The Morgan fingerprint density at radius 2 is 1.83 bits per heavy atom. The van der Waals surface area contributed by atoms with E-state index in [1.54, 1.807) is 0 Å². The van der Waals surface area contributed by atoms with Crippen LogP contribution in [0.4, 0.5) is 0 Å². The predicted octanol–water partition coefficient (Wildman–Crippen LogP) is 5.42. The van der Waals surface area contributed by atoms with Gasteiger partial charge in [0.1, 0.15) is 12.4 Å². The van der Waals surface area contributed by atoms with Crippen LogP contribution in [0.3, 0.4) is 0 Å². The molecular weight excluding hydrogens is 368 g/mol. The molecule has 0 amide bonds. The molecule has 0 aromatic heterocycles. The van der Waals surface area contributed by atoms with Crippen molar-refractivity contribution in [1.82, 2.24) is 0 Å². The molecule has 0 bridgehead atoms. The third-order valence-electron chi connectivity index (χ3n) is 3.59. The first kappa shape index (κ1) is 18.3. The van der Waals surface area contributed by atoms with Crippen LogP contribution < -0.4 is 4.74 Å². The highest BCUT2D eigenvalue weighted by molar-refractivity contribution is 9.10. The standard InChI is InChI=1S/C20H21BrO3/c1-20(2,3)16-7-4-14(5-8-16)13-24-18-10-9-17(21)12-15(18)6-11-19(22)23/h4-12H,13H2,1-3H3,(H,22,23). The summed E-state index contributed by atoms with van der Waals surface area (Å²) in [6, 6.07) is 13.9. The van der Waals surface area contributed by atoms with Crippen molar-refractivity contribution < 1.29 is 14.6 Å². The SMILES string of the molecule is CC(C)(C)c1ccc(COc2ccc(Br)cc2C=CC(=O)O)cc1. The predicted molar refractivity (Wildman–Crippen MR) is 100 cm³/mol. The van der Waals surface area contributed by atoms with Gasteiger partial charge in [-0.25, -0.2) is 4.79 Å². The molecule has 0 fully saturated rings. The number of benzene rings is 2. The Bertz CT molecular complexity index is 740. The lowest BCUT2D eigenvalue weighted by Crippen LogP contribution is -2.10. The van der Waals surface area contributed by atoms with Crippen molar-refractivity contribution >= 4 is 28.0 Å². The molecular formula is C20H21BrO3. The summed E-state index contributed by atoms with van der Waals surface area (Å²) in [5.41, 5.74) is 3.19. The molecule has 0 spiro atoms. The van der Waals surface area contributed by atoms with E-state index < -0.39 is 5.97 Å². The van der Waals surface area contributed by atoms with E-state index in [1.165, 1.54) is 11.6 Å². The van der Waals surface area contributed by atoms with Crippen LogP contribution in [-0.2, 0) is 16.8 Å². The zero-order valence-electron chi connectivity index (χ0n) is 14.0. The highest BCUT2D eigenvalue weighted by Gasteiger charge is 2.13. The Labute approximate surface area is 151 Å². The van der Waals surface area contributed by atoms with Gasteiger partial charge in [0, 0.05) is 16.1 Å². The minimum atomic E-state index is -0.987. The van der Waals surface area contributed by atoms with Crippen molar-refractivity contribution in [3.8, 4) is 5.75 Å². The van der Waals surface area contributed by atoms with Gasteiger partial charge in [0.25, 0.3) is 0 Å². The lowest BCUT2D eigenvalue weighted by molar-refractivity contribution is -0.131. The molecule has 1 N–H and O–H groups in total. The highest BCUT2D eigenvalue weighted by Crippen LogP contribution is 2.26. The molecule has 126 valence electrons. The Morgan fingerprint density at radius 1 is 1.17 bits per heavy atom. The fourth-order valence-electron chi connectivity index (χ4n) is 2.20. The number of hydrogen-bond donors (Lipinski definition) is 1. The van der Waals surface area contributed by atoms with Gasteiger partial charge < -0.3 is 9.84 Å². The molecule has 0 aliphatic heterocycles. The molecule has 3 nitrogen and oxygen atoms in total. The minimum Gasteiger partial charge on any atom is -0.488 e. The van der Waals surface area contributed by atoms with Crippen LogP contribution in [0.1, 0.15) is 37.5 Å². The fourth-order valence-corrected chi connectivity index (χ4v) is 2.58. The molecule has 0 aliphatic carbocycles. The lowest BCUT2D eigenvalue weighted by Gasteiger charge is -2.19. The first-order valence-electron chi connectivity index (χ1n) is 7.68. The fraction of sp³-hybridized carbons (Fsp3) is 0.250. The van der Waals surface area contributed by atoms with Crippen LogP contribution in [0.15, 0.2) is 53.0 Å². The molecule has 0 atom stereocenters. The van der Waals surface area contributed by atoms with Gasteiger partial charge in [0.15, 0.2) is 0 Å². The van der Waals surface area contributed by atoms with Crippen LogP contribution in [-0.4, -0.2) is 11.1 Å². The van der Waals surface area contributed by atoms with E-state index >= 15 is 0 Å². The van der Waals surface area contributed by atoms with E-state index in [-0.39, 0.29) is 5.41 Å². The van der Waals surface area contributed by atoms with Crippen LogP contribution in [0.25, 0.3) is 6.08 Å². The molecule has 0 unspecified atom stereocenters. The van der Waals surface area contributed by atoms with Gasteiger partial charge in [-0.05, 0) is 40.8 Å². The zero-order valence-corrected chi connectivity index (χ0v) is 15.6. The zero-order chi connectivity index (χ0) is 17.7. The first-order chi connectivity index (χ1) is 11.3. The third kappa shape index (κ3) is 5.24. The van der Waals surface area contributed by atoms with Crippen molar-refractivity contribution in [2.75, 3.05) is 0 Å². The molecule has 0 saturated heterocycles. The van der Waals surface area contributed by atoms with Crippen molar-refractivity contribution in [1.29, 1.82) is 0 Å². The molecule has 2 aromatic carbocycles. The summed E-state index contributed by atoms with van der Waals surface area (Å²) in [4.78, 5) is 10.7. The summed E-state index contributed by atoms with van der Waals surface area (Å²) in [5.74, 6) is -0.339. The van der Waals surface area contributed by atoms with Crippen LogP contribution >= 0.6 is 15.9 Å². The maximum absolute atomic E-state index is 10.7. The minimum absolute atomic E-state index is 0.125.